The zero-order chi connectivity index (χ0) is 22.0. The first kappa shape index (κ1) is 20.6. The Kier molecular flexibility index (Phi) is 5.72. The van der Waals surface area contributed by atoms with Crippen LogP contribution in [-0.2, 0) is 0 Å². The Bertz CT molecular complexity index is 1280. The van der Waals surface area contributed by atoms with Crippen LogP contribution in [0.1, 0.15) is 41.3 Å². The van der Waals surface area contributed by atoms with Gasteiger partial charge in [0.05, 0.1) is 5.39 Å². The number of hydrogen-bond donors (Lipinski definition) is 0. The smallest absolute Gasteiger partial charge is 0.235 e. The van der Waals surface area contributed by atoms with Crippen molar-refractivity contribution in [3.63, 3.8) is 0 Å². The lowest BCUT2D eigenvalue weighted by atomic mass is 10.0. The van der Waals surface area contributed by atoms with Gasteiger partial charge in [0.2, 0.25) is 11.2 Å². The van der Waals surface area contributed by atoms with E-state index >= 15 is 0 Å². The van der Waals surface area contributed by atoms with Crippen molar-refractivity contribution < 1.29 is 13.9 Å². The first-order chi connectivity index (χ1) is 14.9. The van der Waals surface area contributed by atoms with E-state index in [9.17, 15) is 9.59 Å². The number of ketones is 1. The van der Waals surface area contributed by atoms with E-state index in [0.717, 1.165) is 16.7 Å². The average Bonchev–Trinajstić information content (AvgIpc) is 2.79. The van der Waals surface area contributed by atoms with Gasteiger partial charge in [0.15, 0.2) is 18.2 Å². The van der Waals surface area contributed by atoms with Crippen LogP contribution >= 0.6 is 0 Å². The van der Waals surface area contributed by atoms with Gasteiger partial charge in [-0.2, -0.15) is 0 Å². The molecule has 4 rings (SSSR count). The lowest BCUT2D eigenvalue weighted by molar-refractivity contribution is 0.0920. The number of Topliss-reactive ketones (excluding diaryl/α,β-unsaturated/α-hetero) is 1. The van der Waals surface area contributed by atoms with Gasteiger partial charge in [-0.25, -0.2) is 0 Å². The van der Waals surface area contributed by atoms with Gasteiger partial charge in [-0.15, -0.1) is 0 Å². The van der Waals surface area contributed by atoms with Gasteiger partial charge in [-0.3, -0.25) is 9.59 Å². The summed E-state index contributed by atoms with van der Waals surface area (Å²) in [6.07, 6.45) is 0. The molecule has 1 heterocycles. The largest absolute Gasteiger partial charge is 0.478 e. The quantitative estimate of drug-likeness (QED) is 0.356. The van der Waals surface area contributed by atoms with Crippen LogP contribution in [0.4, 0.5) is 0 Å². The molecule has 0 N–H and O–H groups in total. The molecule has 3 aromatic carbocycles. The van der Waals surface area contributed by atoms with Gasteiger partial charge in [-0.05, 0) is 30.5 Å². The van der Waals surface area contributed by atoms with Crippen molar-refractivity contribution in [3.05, 3.63) is 99.7 Å². The topological polar surface area (TPSA) is 56.5 Å². The maximum atomic E-state index is 13.2. The zero-order valence-electron chi connectivity index (χ0n) is 17.8. The summed E-state index contributed by atoms with van der Waals surface area (Å²) in [5.74, 6) is 0.568. The van der Waals surface area contributed by atoms with Gasteiger partial charge in [0.25, 0.3) is 0 Å². The van der Waals surface area contributed by atoms with E-state index in [0.29, 0.717) is 28.2 Å². The fourth-order valence-electron chi connectivity index (χ4n) is 3.43. The maximum Gasteiger partial charge on any atom is 0.235 e. The molecule has 0 unspecified atom stereocenters. The third-order valence-corrected chi connectivity index (χ3v) is 5.32. The molecule has 0 fully saturated rings. The Morgan fingerprint density at radius 1 is 0.935 bits per heavy atom. The fourth-order valence-corrected chi connectivity index (χ4v) is 3.43. The Morgan fingerprint density at radius 3 is 2.29 bits per heavy atom. The standard InChI is InChI=1S/C27H24O4/c1-17(2)19-12-14-20(15-13-19)23(28)16-30-27-25(29)22-6-4-5-7-24(22)31-26(27)21-10-8-18(3)9-11-21/h4-15,17H,16H2,1-3H3. The molecule has 0 saturated carbocycles. The molecular formula is C27H24O4. The molecule has 4 heteroatoms. The summed E-state index contributed by atoms with van der Waals surface area (Å²) < 4.78 is 11.8. The molecule has 0 spiro atoms. The van der Waals surface area contributed by atoms with Crippen molar-refractivity contribution in [1.82, 2.24) is 0 Å². The maximum absolute atomic E-state index is 13.2. The van der Waals surface area contributed by atoms with E-state index in [1.54, 1.807) is 30.3 Å². The molecule has 0 atom stereocenters. The second-order valence-corrected chi connectivity index (χ2v) is 7.94. The van der Waals surface area contributed by atoms with Crippen LogP contribution in [-0.4, -0.2) is 12.4 Å². The molecule has 156 valence electrons. The van der Waals surface area contributed by atoms with Crippen molar-refractivity contribution in [2.45, 2.75) is 26.7 Å². The van der Waals surface area contributed by atoms with Crippen molar-refractivity contribution in [1.29, 1.82) is 0 Å². The van der Waals surface area contributed by atoms with Crippen LogP contribution in [0.15, 0.2) is 82.0 Å². The van der Waals surface area contributed by atoms with Crippen LogP contribution < -0.4 is 10.2 Å². The Labute approximate surface area is 181 Å². The molecule has 4 nitrogen and oxygen atoms in total. The molecule has 0 bridgehead atoms. The minimum absolute atomic E-state index is 0.0507. The number of carbonyl (C=O) groups is 1. The zero-order valence-corrected chi connectivity index (χ0v) is 17.8. The van der Waals surface area contributed by atoms with Gasteiger partial charge in [0.1, 0.15) is 5.58 Å². The molecule has 0 amide bonds. The molecule has 4 aromatic rings. The van der Waals surface area contributed by atoms with E-state index in [4.69, 9.17) is 9.15 Å². The van der Waals surface area contributed by atoms with Crippen LogP contribution in [0.2, 0.25) is 0 Å². The number of aryl methyl sites for hydroxylation is 1. The molecular weight excluding hydrogens is 388 g/mol. The minimum atomic E-state index is -0.291. The van der Waals surface area contributed by atoms with Crippen LogP contribution in [0.25, 0.3) is 22.3 Å². The van der Waals surface area contributed by atoms with Crippen molar-refractivity contribution >= 4 is 16.8 Å². The molecule has 1 aromatic heterocycles. The number of carbonyl (C=O) groups excluding carboxylic acids is 1. The number of ether oxygens (including phenoxy) is 1. The predicted molar refractivity (Wildman–Crippen MR) is 123 cm³/mol. The average molecular weight is 412 g/mol. The second-order valence-electron chi connectivity index (χ2n) is 7.94. The van der Waals surface area contributed by atoms with Crippen LogP contribution in [0.3, 0.4) is 0 Å². The lowest BCUT2D eigenvalue weighted by Crippen LogP contribution is -2.17. The first-order valence-electron chi connectivity index (χ1n) is 10.3. The number of hydrogen-bond acceptors (Lipinski definition) is 4. The number of para-hydroxylation sites is 1. The summed E-state index contributed by atoms with van der Waals surface area (Å²) in [5.41, 5.74) is 3.71. The Morgan fingerprint density at radius 2 is 1.61 bits per heavy atom. The summed E-state index contributed by atoms with van der Waals surface area (Å²) in [6.45, 7) is 5.95. The summed E-state index contributed by atoms with van der Waals surface area (Å²) in [6, 6.07) is 22.1. The number of benzene rings is 3. The molecule has 0 aliphatic carbocycles. The highest BCUT2D eigenvalue weighted by molar-refractivity contribution is 5.97. The number of rotatable bonds is 6. The molecule has 0 radical (unpaired) electrons. The second kappa shape index (κ2) is 8.60. The van der Waals surface area contributed by atoms with E-state index in [2.05, 4.69) is 13.8 Å². The molecule has 31 heavy (non-hydrogen) atoms. The molecule has 0 aliphatic rings. The Balaban J connectivity index is 1.69. The summed E-state index contributed by atoms with van der Waals surface area (Å²) in [7, 11) is 0. The highest BCUT2D eigenvalue weighted by Crippen LogP contribution is 2.31. The number of fused-ring (bicyclic) bond motifs is 1. The van der Waals surface area contributed by atoms with Gasteiger partial charge < -0.3 is 9.15 Å². The van der Waals surface area contributed by atoms with Crippen molar-refractivity contribution in [3.8, 4) is 17.1 Å². The highest BCUT2D eigenvalue weighted by atomic mass is 16.5. The van der Waals surface area contributed by atoms with Crippen LogP contribution in [0, 0.1) is 6.92 Å². The summed E-state index contributed by atoms with van der Waals surface area (Å²) in [5, 5.41) is 0.419. The molecule has 0 aliphatic heterocycles. The highest BCUT2D eigenvalue weighted by Gasteiger charge is 2.19. The third kappa shape index (κ3) is 4.29. The monoisotopic (exact) mass is 412 g/mol. The van der Waals surface area contributed by atoms with E-state index in [1.807, 2.05) is 49.4 Å². The van der Waals surface area contributed by atoms with E-state index in [-0.39, 0.29) is 23.6 Å². The predicted octanol–water partition coefficient (Wildman–Crippen LogP) is 6.15. The first-order valence-corrected chi connectivity index (χ1v) is 10.3. The van der Waals surface area contributed by atoms with Crippen LogP contribution in [0.5, 0.6) is 5.75 Å². The third-order valence-electron chi connectivity index (χ3n) is 5.32. The SMILES string of the molecule is Cc1ccc(-c2oc3ccccc3c(=O)c2OCC(=O)c2ccc(C(C)C)cc2)cc1. The molecule has 0 saturated heterocycles. The van der Waals surface area contributed by atoms with Gasteiger partial charge in [-0.1, -0.05) is 80.1 Å². The minimum Gasteiger partial charge on any atom is -0.478 e. The van der Waals surface area contributed by atoms with Gasteiger partial charge >= 0.3 is 0 Å². The van der Waals surface area contributed by atoms with E-state index in [1.165, 1.54) is 0 Å². The van der Waals surface area contributed by atoms with E-state index < -0.39 is 0 Å². The summed E-state index contributed by atoms with van der Waals surface area (Å²) in [4.78, 5) is 25.9. The normalized spacial score (nSPS) is 11.1. The van der Waals surface area contributed by atoms with Crippen molar-refractivity contribution in [2.75, 3.05) is 6.61 Å². The lowest BCUT2D eigenvalue weighted by Gasteiger charge is -2.12. The summed E-state index contributed by atoms with van der Waals surface area (Å²) >= 11 is 0. The van der Waals surface area contributed by atoms with Crippen molar-refractivity contribution in [2.24, 2.45) is 0 Å². The van der Waals surface area contributed by atoms with Gasteiger partial charge in [0, 0.05) is 11.1 Å². The fraction of sp³-hybridized carbons (Fsp3) is 0.185. The Hall–Kier alpha value is -3.66.